The summed E-state index contributed by atoms with van der Waals surface area (Å²) >= 11 is 1.26. The summed E-state index contributed by atoms with van der Waals surface area (Å²) in [5.41, 5.74) is -0.636. The normalized spacial score (nSPS) is 20.6. The molecule has 108 valence electrons. The van der Waals surface area contributed by atoms with E-state index >= 15 is 0 Å². The number of ether oxygens (including phenoxy) is 1. The predicted molar refractivity (Wildman–Crippen MR) is 74.7 cm³/mol. The molecular weight excluding hydrogens is 295 g/mol. The Morgan fingerprint density at radius 3 is 3.05 bits per heavy atom. The molecule has 1 N–H and O–H groups in total. The second kappa shape index (κ2) is 4.92. The van der Waals surface area contributed by atoms with Gasteiger partial charge in [0.05, 0.1) is 5.56 Å². The van der Waals surface area contributed by atoms with Crippen LogP contribution in [0, 0.1) is 5.82 Å². The molecule has 21 heavy (non-hydrogen) atoms. The average Bonchev–Trinajstić information content (AvgIpc) is 2.90. The number of carbonyl (C=O) groups excluding carboxylic acids is 2. The summed E-state index contributed by atoms with van der Waals surface area (Å²) in [7, 11) is 0. The van der Waals surface area contributed by atoms with Gasteiger partial charge in [0.2, 0.25) is 0 Å². The van der Waals surface area contributed by atoms with E-state index in [-0.39, 0.29) is 12.0 Å². The highest BCUT2D eigenvalue weighted by Crippen LogP contribution is 2.30. The van der Waals surface area contributed by atoms with Gasteiger partial charge in [-0.25, -0.2) is 14.2 Å². The van der Waals surface area contributed by atoms with E-state index in [4.69, 9.17) is 4.74 Å². The van der Waals surface area contributed by atoms with Crippen LogP contribution >= 0.6 is 11.3 Å². The van der Waals surface area contributed by atoms with E-state index in [0.29, 0.717) is 10.7 Å². The number of cyclic esters (lactones) is 1. The maximum Gasteiger partial charge on any atom is 0.339 e. The van der Waals surface area contributed by atoms with Crippen LogP contribution in [-0.4, -0.2) is 22.5 Å². The number of aromatic nitrogens is 1. The first-order valence-electron chi connectivity index (χ1n) is 6.21. The van der Waals surface area contributed by atoms with E-state index in [1.54, 1.807) is 11.6 Å². The van der Waals surface area contributed by atoms with Gasteiger partial charge in [-0.1, -0.05) is 0 Å². The number of rotatable bonds is 2. The van der Waals surface area contributed by atoms with Crippen LogP contribution in [0.2, 0.25) is 0 Å². The van der Waals surface area contributed by atoms with E-state index in [0.717, 1.165) is 0 Å². The zero-order valence-corrected chi connectivity index (χ0v) is 11.9. The molecule has 0 radical (unpaired) electrons. The number of nitrogens with zero attached hydrogens (tertiary/aromatic N) is 1. The molecule has 2 aromatic rings. The van der Waals surface area contributed by atoms with Gasteiger partial charge >= 0.3 is 5.97 Å². The molecule has 1 aliphatic rings. The lowest BCUT2D eigenvalue weighted by atomic mass is 9.89. The van der Waals surface area contributed by atoms with Crippen molar-refractivity contribution in [2.45, 2.75) is 18.9 Å². The number of benzene rings is 1. The van der Waals surface area contributed by atoms with E-state index in [1.807, 2.05) is 0 Å². The van der Waals surface area contributed by atoms with Crippen LogP contribution in [0.1, 0.15) is 22.8 Å². The molecule has 1 amide bonds. The number of anilines is 1. The van der Waals surface area contributed by atoms with Gasteiger partial charge in [0.15, 0.2) is 10.7 Å². The lowest BCUT2D eigenvalue weighted by molar-refractivity contribution is -0.134. The van der Waals surface area contributed by atoms with Crippen LogP contribution < -0.4 is 5.32 Å². The highest BCUT2D eigenvalue weighted by Gasteiger charge is 2.43. The number of esters is 1. The van der Waals surface area contributed by atoms with Crippen molar-refractivity contribution >= 4 is 28.3 Å². The van der Waals surface area contributed by atoms with Crippen LogP contribution in [0.3, 0.4) is 0 Å². The third-order valence-electron chi connectivity index (χ3n) is 3.27. The van der Waals surface area contributed by atoms with Gasteiger partial charge in [-0.05, 0) is 30.7 Å². The second-order valence-electron chi connectivity index (χ2n) is 4.89. The van der Waals surface area contributed by atoms with Crippen LogP contribution in [0.25, 0.3) is 0 Å². The zero-order chi connectivity index (χ0) is 15.0. The molecule has 0 bridgehead atoms. The van der Waals surface area contributed by atoms with Gasteiger partial charge in [0, 0.05) is 18.0 Å². The van der Waals surface area contributed by atoms with Gasteiger partial charge in [-0.3, -0.25) is 10.1 Å². The van der Waals surface area contributed by atoms with Crippen LogP contribution in [0.4, 0.5) is 9.52 Å². The standard InChI is InChI=1S/C14H11FN2O3S/c1-14(12(19)17-13-16-4-5-21-13)7-8-6-9(15)2-3-10(8)11(18)20-14/h2-6H,7H2,1H3,(H,16,17,19). The number of hydrogen-bond donors (Lipinski definition) is 1. The largest absolute Gasteiger partial charge is 0.445 e. The molecule has 1 aromatic heterocycles. The van der Waals surface area contributed by atoms with Crippen LogP contribution in [-0.2, 0) is 16.0 Å². The number of nitrogens with one attached hydrogen (secondary N) is 1. The first-order valence-corrected chi connectivity index (χ1v) is 7.09. The number of fused-ring (bicyclic) bond motifs is 1. The summed E-state index contributed by atoms with van der Waals surface area (Å²) < 4.78 is 18.6. The molecule has 1 atom stereocenters. The minimum absolute atomic E-state index is 0.114. The topological polar surface area (TPSA) is 68.3 Å². The molecule has 3 rings (SSSR count). The molecule has 1 aromatic carbocycles. The quantitative estimate of drug-likeness (QED) is 0.865. The van der Waals surface area contributed by atoms with Gasteiger partial charge in [-0.15, -0.1) is 11.3 Å². The van der Waals surface area contributed by atoms with Crippen molar-refractivity contribution in [2.24, 2.45) is 0 Å². The molecule has 1 unspecified atom stereocenters. The fourth-order valence-corrected chi connectivity index (χ4v) is 2.73. The summed E-state index contributed by atoms with van der Waals surface area (Å²) in [5, 5.41) is 4.73. The van der Waals surface area contributed by atoms with E-state index in [2.05, 4.69) is 10.3 Å². The van der Waals surface area contributed by atoms with Crippen molar-refractivity contribution in [3.05, 3.63) is 46.7 Å². The number of amides is 1. The Labute approximate surface area is 123 Å². The predicted octanol–water partition coefficient (Wildman–Crippen LogP) is 2.39. The van der Waals surface area contributed by atoms with Crippen molar-refractivity contribution in [2.75, 3.05) is 5.32 Å². The Morgan fingerprint density at radius 1 is 1.52 bits per heavy atom. The van der Waals surface area contributed by atoms with Crippen molar-refractivity contribution in [1.82, 2.24) is 4.98 Å². The number of halogens is 1. The Kier molecular flexibility index (Phi) is 3.21. The van der Waals surface area contributed by atoms with E-state index in [1.165, 1.54) is 36.5 Å². The van der Waals surface area contributed by atoms with Crippen molar-refractivity contribution in [1.29, 1.82) is 0 Å². The smallest absolute Gasteiger partial charge is 0.339 e. The minimum Gasteiger partial charge on any atom is -0.445 e. The van der Waals surface area contributed by atoms with Crippen LogP contribution in [0.15, 0.2) is 29.8 Å². The molecule has 0 saturated carbocycles. The van der Waals surface area contributed by atoms with Gasteiger partial charge < -0.3 is 4.74 Å². The fourth-order valence-electron chi connectivity index (χ4n) is 2.21. The number of carbonyl (C=O) groups is 2. The summed E-state index contributed by atoms with van der Waals surface area (Å²) in [5.74, 6) is -1.57. The Morgan fingerprint density at radius 2 is 2.33 bits per heavy atom. The Balaban J connectivity index is 1.89. The van der Waals surface area contributed by atoms with Crippen molar-refractivity contribution < 1.29 is 18.7 Å². The maximum atomic E-state index is 13.3. The van der Waals surface area contributed by atoms with Crippen LogP contribution in [0.5, 0.6) is 0 Å². The fraction of sp³-hybridized carbons (Fsp3) is 0.214. The molecule has 1 aliphatic heterocycles. The summed E-state index contributed by atoms with van der Waals surface area (Å²) in [6.07, 6.45) is 1.67. The lowest BCUT2D eigenvalue weighted by Crippen LogP contribution is -2.48. The van der Waals surface area contributed by atoms with Crippen molar-refractivity contribution in [3.63, 3.8) is 0 Å². The van der Waals surface area contributed by atoms with E-state index < -0.39 is 23.3 Å². The van der Waals surface area contributed by atoms with Crippen molar-refractivity contribution in [3.8, 4) is 0 Å². The number of hydrogen-bond acceptors (Lipinski definition) is 5. The summed E-state index contributed by atoms with van der Waals surface area (Å²) in [6.45, 7) is 1.50. The lowest BCUT2D eigenvalue weighted by Gasteiger charge is -2.32. The Hall–Kier alpha value is -2.28. The zero-order valence-electron chi connectivity index (χ0n) is 11.1. The molecule has 0 saturated heterocycles. The Bertz CT molecular complexity index is 717. The minimum atomic E-state index is -1.39. The average molecular weight is 306 g/mol. The van der Waals surface area contributed by atoms with E-state index in [9.17, 15) is 14.0 Å². The molecule has 0 spiro atoms. The molecular formula is C14H11FN2O3S. The third-order valence-corrected chi connectivity index (χ3v) is 3.95. The molecule has 2 heterocycles. The van der Waals surface area contributed by atoms with Gasteiger partial charge in [0.1, 0.15) is 5.82 Å². The molecule has 5 nitrogen and oxygen atoms in total. The number of thiazole rings is 1. The summed E-state index contributed by atoms with van der Waals surface area (Å²) in [6, 6.07) is 3.81. The first kappa shape index (κ1) is 13.7. The van der Waals surface area contributed by atoms with Gasteiger partial charge in [-0.2, -0.15) is 0 Å². The molecule has 7 heteroatoms. The van der Waals surface area contributed by atoms with Gasteiger partial charge in [0.25, 0.3) is 5.91 Å². The molecule has 0 fully saturated rings. The second-order valence-corrected chi connectivity index (χ2v) is 5.78. The first-order chi connectivity index (χ1) is 9.98. The molecule has 0 aliphatic carbocycles. The highest BCUT2D eigenvalue weighted by atomic mass is 32.1. The maximum absolute atomic E-state index is 13.3. The SMILES string of the molecule is CC1(C(=O)Nc2nccs2)Cc2cc(F)ccc2C(=O)O1. The third kappa shape index (κ3) is 2.52. The summed E-state index contributed by atoms with van der Waals surface area (Å²) in [4.78, 5) is 28.2. The highest BCUT2D eigenvalue weighted by molar-refractivity contribution is 7.13. The monoisotopic (exact) mass is 306 g/mol.